The molecule has 0 spiro atoms. The second-order valence-corrected chi connectivity index (χ2v) is 16.0. The van der Waals surface area contributed by atoms with E-state index in [9.17, 15) is 28.8 Å². The zero-order valence-electron chi connectivity index (χ0n) is 35.6. The van der Waals surface area contributed by atoms with Crippen LogP contribution in [0.25, 0.3) is 0 Å². The molecule has 4 amide bonds. The first-order chi connectivity index (χ1) is 28.7. The molecule has 14 heteroatoms. The quantitative estimate of drug-likeness (QED) is 0.0705. The van der Waals surface area contributed by atoms with Gasteiger partial charge in [0, 0.05) is 13.0 Å². The van der Waals surface area contributed by atoms with Crippen molar-refractivity contribution in [3.8, 4) is 5.75 Å². The van der Waals surface area contributed by atoms with Gasteiger partial charge in [-0.1, -0.05) is 80.9 Å². The first-order valence-electron chi connectivity index (χ1n) is 20.7. The highest BCUT2D eigenvalue weighted by atomic mass is 16.6. The summed E-state index contributed by atoms with van der Waals surface area (Å²) in [5.74, 6) is -2.40. The molecular formula is C46H60N4O10. The lowest BCUT2D eigenvalue weighted by molar-refractivity contribution is -0.155. The van der Waals surface area contributed by atoms with E-state index < -0.39 is 65.5 Å². The molecule has 4 rings (SSSR count). The van der Waals surface area contributed by atoms with Gasteiger partial charge < -0.3 is 39.8 Å². The number of unbranched alkanes of at least 4 members (excludes halogenated alkanes) is 1. The smallest absolute Gasteiger partial charge is 0.408 e. The van der Waals surface area contributed by atoms with Crippen LogP contribution in [0.3, 0.4) is 0 Å². The molecule has 5 atom stereocenters. The van der Waals surface area contributed by atoms with Gasteiger partial charge in [0.1, 0.15) is 42.1 Å². The van der Waals surface area contributed by atoms with Crippen molar-refractivity contribution in [1.29, 1.82) is 0 Å². The van der Waals surface area contributed by atoms with E-state index in [1.54, 1.807) is 75.4 Å². The van der Waals surface area contributed by atoms with E-state index in [2.05, 4.69) is 16.0 Å². The number of nitrogens with one attached hydrogen (secondary N) is 3. The normalized spacial score (nSPS) is 15.7. The minimum Gasteiger partial charge on any atom is -0.497 e. The van der Waals surface area contributed by atoms with Gasteiger partial charge in [-0.2, -0.15) is 0 Å². The Kier molecular flexibility index (Phi) is 17.9. The fraction of sp³-hybridized carbons (Fsp3) is 0.478. The van der Waals surface area contributed by atoms with Gasteiger partial charge in [0.15, 0.2) is 0 Å². The summed E-state index contributed by atoms with van der Waals surface area (Å²) in [5, 5.41) is 8.41. The summed E-state index contributed by atoms with van der Waals surface area (Å²) < 4.78 is 21.8. The molecule has 324 valence electrons. The van der Waals surface area contributed by atoms with Crippen LogP contribution in [0.2, 0.25) is 0 Å². The van der Waals surface area contributed by atoms with Crippen molar-refractivity contribution in [2.24, 2.45) is 5.92 Å². The van der Waals surface area contributed by atoms with Gasteiger partial charge in [-0.15, -0.1) is 0 Å². The lowest BCUT2D eigenvalue weighted by Crippen LogP contribution is -2.59. The molecule has 1 heterocycles. The van der Waals surface area contributed by atoms with Crippen molar-refractivity contribution < 1.29 is 47.7 Å². The molecule has 0 aliphatic carbocycles. The van der Waals surface area contributed by atoms with Crippen LogP contribution in [-0.4, -0.2) is 90.7 Å². The van der Waals surface area contributed by atoms with E-state index in [-0.39, 0.29) is 32.0 Å². The molecule has 1 fully saturated rings. The molecule has 1 unspecified atom stereocenters. The van der Waals surface area contributed by atoms with Gasteiger partial charge in [0.05, 0.1) is 19.3 Å². The summed E-state index contributed by atoms with van der Waals surface area (Å²) in [7, 11) is 1.54. The van der Waals surface area contributed by atoms with E-state index in [1.165, 1.54) is 12.0 Å². The fourth-order valence-electron chi connectivity index (χ4n) is 6.69. The zero-order chi connectivity index (χ0) is 43.7. The van der Waals surface area contributed by atoms with Crippen LogP contribution in [0, 0.1) is 5.92 Å². The number of ether oxygens (including phenoxy) is 4. The summed E-state index contributed by atoms with van der Waals surface area (Å²) in [6.07, 6.45) is 1.68. The van der Waals surface area contributed by atoms with Gasteiger partial charge in [-0.25, -0.2) is 14.4 Å². The number of alkyl carbamates (subject to hydrolysis) is 1. The molecule has 60 heavy (non-hydrogen) atoms. The van der Waals surface area contributed by atoms with Crippen molar-refractivity contribution in [1.82, 2.24) is 20.9 Å². The Bertz CT molecular complexity index is 1870. The van der Waals surface area contributed by atoms with Crippen molar-refractivity contribution in [2.75, 3.05) is 20.3 Å². The third kappa shape index (κ3) is 14.7. The number of nitrogens with zero attached hydrogens (tertiary/aromatic N) is 1. The third-order valence-corrected chi connectivity index (χ3v) is 10.2. The van der Waals surface area contributed by atoms with Crippen LogP contribution in [0.15, 0.2) is 84.9 Å². The van der Waals surface area contributed by atoms with Gasteiger partial charge in [0.2, 0.25) is 17.7 Å². The van der Waals surface area contributed by atoms with E-state index in [1.807, 2.05) is 44.2 Å². The Morgan fingerprint density at radius 2 is 1.43 bits per heavy atom. The number of methoxy groups -OCH3 is 1. The maximum Gasteiger partial charge on any atom is 0.408 e. The summed E-state index contributed by atoms with van der Waals surface area (Å²) in [6.45, 7) is 9.32. The molecule has 0 radical (unpaired) electrons. The number of rotatable bonds is 20. The van der Waals surface area contributed by atoms with E-state index >= 15 is 0 Å². The Morgan fingerprint density at radius 1 is 0.783 bits per heavy atom. The molecule has 3 N–H and O–H groups in total. The highest BCUT2D eigenvalue weighted by molar-refractivity contribution is 5.95. The number of carbonyl (C=O) groups excluding carboxylic acids is 6. The second kappa shape index (κ2) is 23.0. The Balaban J connectivity index is 1.51. The largest absolute Gasteiger partial charge is 0.497 e. The number of hydrogen-bond donors (Lipinski definition) is 3. The van der Waals surface area contributed by atoms with Crippen LogP contribution in [-0.2, 0) is 46.4 Å². The van der Waals surface area contributed by atoms with E-state index in [4.69, 9.17) is 18.9 Å². The molecule has 1 saturated heterocycles. The first-order valence-corrected chi connectivity index (χ1v) is 20.7. The molecule has 3 aromatic carbocycles. The summed E-state index contributed by atoms with van der Waals surface area (Å²) in [5.41, 5.74) is 1.09. The van der Waals surface area contributed by atoms with Crippen LogP contribution < -0.4 is 20.7 Å². The van der Waals surface area contributed by atoms with Crippen molar-refractivity contribution in [2.45, 2.75) is 116 Å². The first kappa shape index (κ1) is 46.8. The molecular weight excluding hydrogens is 769 g/mol. The topological polar surface area (TPSA) is 179 Å². The average Bonchev–Trinajstić information content (AvgIpc) is 3.74. The number of likely N-dealkylation sites (tertiary alicyclic amines) is 1. The second-order valence-electron chi connectivity index (χ2n) is 16.0. The lowest BCUT2D eigenvalue weighted by atomic mass is 9.96. The molecule has 0 aromatic heterocycles. The van der Waals surface area contributed by atoms with E-state index in [0.29, 0.717) is 55.5 Å². The molecule has 1 aliphatic heterocycles. The Morgan fingerprint density at radius 3 is 2.07 bits per heavy atom. The molecule has 0 saturated carbocycles. The predicted molar refractivity (Wildman–Crippen MR) is 225 cm³/mol. The lowest BCUT2D eigenvalue weighted by Gasteiger charge is -2.32. The van der Waals surface area contributed by atoms with Crippen molar-refractivity contribution in [3.63, 3.8) is 0 Å². The van der Waals surface area contributed by atoms with Crippen LogP contribution in [0.1, 0.15) is 94.6 Å². The average molecular weight is 829 g/mol. The number of amides is 4. The SMILES string of the molecule is CC[C@H](C)[C@H](NC(=O)[C@@H](Cc1ccc(OC)cc1)NC(=O)C(CCCCOC(=O)c1ccccc1)NC(=O)OC(C)(C)C)C(=O)N1CCC[C@@H]1C(=O)OCc1ccccc1. The van der Waals surface area contributed by atoms with Crippen LogP contribution >= 0.6 is 0 Å². The minimum absolute atomic E-state index is 0.0374. The monoisotopic (exact) mass is 828 g/mol. The van der Waals surface area contributed by atoms with Crippen molar-refractivity contribution in [3.05, 3.63) is 102 Å². The fourth-order valence-corrected chi connectivity index (χ4v) is 6.69. The Labute approximate surface area is 353 Å². The zero-order valence-corrected chi connectivity index (χ0v) is 35.6. The minimum atomic E-state index is -1.19. The number of esters is 2. The highest BCUT2D eigenvalue weighted by Gasteiger charge is 2.41. The van der Waals surface area contributed by atoms with Crippen LogP contribution in [0.4, 0.5) is 4.79 Å². The number of hydrogen-bond acceptors (Lipinski definition) is 10. The maximum atomic E-state index is 14.4. The summed E-state index contributed by atoms with van der Waals surface area (Å²) in [4.78, 5) is 83.0. The maximum absolute atomic E-state index is 14.4. The molecule has 14 nitrogen and oxygen atoms in total. The molecule has 1 aliphatic rings. The predicted octanol–water partition coefficient (Wildman–Crippen LogP) is 5.91. The standard InChI is InChI=1S/C46H60N4O10/c1-7-31(2)39(42(53)50-27-16-22-38(50)44(55)59-30-33-17-10-8-11-18-33)49-41(52)37(29-32-23-25-35(57-6)26-24-32)47-40(51)36(48-45(56)60-46(3,4)5)21-14-15-28-58-43(54)34-19-12-9-13-20-34/h8-13,17-20,23-26,31,36-39H,7,14-16,21-22,27-30H2,1-6H3,(H,47,51)(H,48,56)(H,49,52)/t31-,36?,37+,38+,39-/m0/s1. The Hall–Kier alpha value is -5.92. The summed E-state index contributed by atoms with van der Waals surface area (Å²) in [6, 6.07) is 20.7. The van der Waals surface area contributed by atoms with E-state index in [0.717, 1.165) is 5.56 Å². The van der Waals surface area contributed by atoms with Crippen molar-refractivity contribution >= 4 is 35.8 Å². The number of carbonyl (C=O) groups is 6. The summed E-state index contributed by atoms with van der Waals surface area (Å²) >= 11 is 0. The number of benzene rings is 3. The van der Waals surface area contributed by atoms with Gasteiger partial charge in [-0.05, 0) is 94.2 Å². The third-order valence-electron chi connectivity index (χ3n) is 10.2. The van der Waals surface area contributed by atoms with Gasteiger partial charge in [0.25, 0.3) is 0 Å². The molecule has 3 aromatic rings. The highest BCUT2D eigenvalue weighted by Crippen LogP contribution is 2.23. The van der Waals surface area contributed by atoms with Gasteiger partial charge in [-0.3, -0.25) is 14.4 Å². The van der Waals surface area contributed by atoms with Crippen LogP contribution in [0.5, 0.6) is 5.75 Å². The molecule has 0 bridgehead atoms. The van der Waals surface area contributed by atoms with Gasteiger partial charge >= 0.3 is 18.0 Å².